The van der Waals surface area contributed by atoms with Gasteiger partial charge < -0.3 is 9.64 Å². The van der Waals surface area contributed by atoms with Crippen LogP contribution < -0.4 is 0 Å². The van der Waals surface area contributed by atoms with Gasteiger partial charge in [-0.2, -0.15) is 13.2 Å². The van der Waals surface area contributed by atoms with Gasteiger partial charge in [-0.3, -0.25) is 9.80 Å². The second kappa shape index (κ2) is 9.45. The van der Waals surface area contributed by atoms with Crippen LogP contribution in [0.25, 0.3) is 0 Å². The van der Waals surface area contributed by atoms with Crippen molar-refractivity contribution in [3.05, 3.63) is 34.9 Å². The molecule has 2 saturated heterocycles. The van der Waals surface area contributed by atoms with Crippen molar-refractivity contribution in [2.75, 3.05) is 32.7 Å². The van der Waals surface area contributed by atoms with Crippen LogP contribution in [-0.2, 0) is 24.2 Å². The summed E-state index contributed by atoms with van der Waals surface area (Å²) >= 11 is 0. The third-order valence-corrected chi connectivity index (χ3v) is 7.86. The molecule has 184 valence electrons. The van der Waals surface area contributed by atoms with Crippen LogP contribution in [0, 0.1) is 5.41 Å². The number of fused-ring (bicyclic) bond motifs is 1. The number of halogens is 3. The summed E-state index contributed by atoms with van der Waals surface area (Å²) in [5, 5.41) is 0. The number of carbonyl (C=O) groups is 1. The molecule has 5 nitrogen and oxygen atoms in total. The van der Waals surface area contributed by atoms with Crippen molar-refractivity contribution < 1.29 is 22.7 Å². The Kier molecular flexibility index (Phi) is 6.97. The van der Waals surface area contributed by atoms with Crippen LogP contribution in [0.1, 0.15) is 56.7 Å². The van der Waals surface area contributed by atoms with E-state index in [0.717, 1.165) is 65.3 Å². The summed E-state index contributed by atoms with van der Waals surface area (Å²) < 4.78 is 42.7. The molecule has 0 N–H and O–H groups in total. The number of rotatable bonds is 4. The van der Waals surface area contributed by atoms with Gasteiger partial charge in [-0.15, -0.1) is 0 Å². The van der Waals surface area contributed by atoms with E-state index < -0.39 is 18.4 Å². The van der Waals surface area contributed by atoms with Gasteiger partial charge in [0.05, 0.1) is 0 Å². The predicted octanol–water partition coefficient (Wildman–Crippen LogP) is 4.83. The smallest absolute Gasteiger partial charge is 0.425 e. The highest BCUT2D eigenvalue weighted by Gasteiger charge is 2.44. The summed E-state index contributed by atoms with van der Waals surface area (Å²) in [4.78, 5) is 18.6. The van der Waals surface area contributed by atoms with Crippen molar-refractivity contribution in [3.63, 3.8) is 0 Å². The number of benzene rings is 1. The fourth-order valence-electron chi connectivity index (χ4n) is 5.53. The van der Waals surface area contributed by atoms with Crippen LogP contribution in [-0.4, -0.2) is 71.8 Å². The fraction of sp³-hybridized carbons (Fsp3) is 0.720. The average Bonchev–Trinajstić information content (AvgIpc) is 3.15. The van der Waals surface area contributed by atoms with Gasteiger partial charge in [0.1, 0.15) is 0 Å². The number of hydrogen-bond acceptors (Lipinski definition) is 4. The van der Waals surface area contributed by atoms with Gasteiger partial charge in [-0.1, -0.05) is 18.2 Å². The van der Waals surface area contributed by atoms with E-state index in [2.05, 4.69) is 46.6 Å². The molecule has 3 aliphatic rings. The molecule has 0 saturated carbocycles. The minimum Gasteiger partial charge on any atom is -0.437 e. The third-order valence-electron chi connectivity index (χ3n) is 7.86. The van der Waals surface area contributed by atoms with E-state index in [1.165, 1.54) is 21.6 Å². The standard InChI is InChI=1S/C25H36F3N3O2/c1-18(2)31-11-7-20-5-4-6-21(22(20)16-31)15-29-12-8-24(17-29)9-13-30(14-10-24)23(32)33-19(3)25(26,27)28/h4-6,18-19H,7-17H2,1-3H3. The lowest BCUT2D eigenvalue weighted by atomic mass is 9.78. The summed E-state index contributed by atoms with van der Waals surface area (Å²) in [6.07, 6.45) is -3.66. The molecule has 2 fully saturated rings. The topological polar surface area (TPSA) is 36.0 Å². The molecule has 0 bridgehead atoms. The van der Waals surface area contributed by atoms with Crippen molar-refractivity contribution in [1.82, 2.24) is 14.7 Å². The molecule has 1 aromatic carbocycles. The largest absolute Gasteiger partial charge is 0.437 e. The van der Waals surface area contributed by atoms with Crippen molar-refractivity contribution in [1.29, 1.82) is 0 Å². The second-order valence-corrected chi connectivity index (χ2v) is 10.4. The molecule has 1 atom stereocenters. The lowest BCUT2D eigenvalue weighted by molar-refractivity contribution is -0.200. The lowest BCUT2D eigenvalue weighted by Gasteiger charge is -2.39. The number of hydrogen-bond donors (Lipinski definition) is 0. The number of likely N-dealkylation sites (tertiary alicyclic amines) is 2. The van der Waals surface area contributed by atoms with Gasteiger partial charge in [0.2, 0.25) is 0 Å². The predicted molar refractivity (Wildman–Crippen MR) is 121 cm³/mol. The highest BCUT2D eigenvalue weighted by atomic mass is 19.4. The summed E-state index contributed by atoms with van der Waals surface area (Å²) in [7, 11) is 0. The molecule has 0 aromatic heterocycles. The molecule has 1 spiro atoms. The summed E-state index contributed by atoms with van der Waals surface area (Å²) in [6, 6.07) is 7.24. The second-order valence-electron chi connectivity index (χ2n) is 10.4. The Labute approximate surface area is 194 Å². The van der Waals surface area contributed by atoms with Gasteiger partial charge in [0.25, 0.3) is 0 Å². The van der Waals surface area contributed by atoms with Crippen molar-refractivity contribution in [3.8, 4) is 0 Å². The Morgan fingerprint density at radius 1 is 1.09 bits per heavy atom. The van der Waals surface area contributed by atoms with E-state index in [0.29, 0.717) is 19.1 Å². The van der Waals surface area contributed by atoms with E-state index in [-0.39, 0.29) is 5.41 Å². The molecule has 1 unspecified atom stereocenters. The molecule has 3 aliphatic heterocycles. The Balaban J connectivity index is 1.33. The van der Waals surface area contributed by atoms with Gasteiger partial charge in [0.15, 0.2) is 6.10 Å². The van der Waals surface area contributed by atoms with Crippen molar-refractivity contribution in [2.45, 2.75) is 77.9 Å². The normalized spacial score (nSPS) is 22.6. The minimum atomic E-state index is -4.53. The number of carbonyl (C=O) groups excluding carboxylic acids is 1. The van der Waals surface area contributed by atoms with Gasteiger partial charge >= 0.3 is 12.3 Å². The molecular formula is C25H36F3N3O2. The Morgan fingerprint density at radius 2 is 1.79 bits per heavy atom. The maximum atomic E-state index is 12.7. The first-order chi connectivity index (χ1) is 15.6. The first kappa shape index (κ1) is 24.3. The third kappa shape index (κ3) is 5.48. The Morgan fingerprint density at radius 3 is 2.45 bits per heavy atom. The van der Waals surface area contributed by atoms with E-state index in [4.69, 9.17) is 0 Å². The zero-order valence-electron chi connectivity index (χ0n) is 20.0. The molecule has 0 aliphatic carbocycles. The zero-order chi connectivity index (χ0) is 23.8. The molecule has 8 heteroatoms. The number of amides is 1. The Hall–Kier alpha value is -1.80. The summed E-state index contributed by atoms with van der Waals surface area (Å²) in [5.74, 6) is 0. The van der Waals surface area contributed by atoms with Crippen LogP contribution in [0.3, 0.4) is 0 Å². The molecule has 3 heterocycles. The minimum absolute atomic E-state index is 0.144. The van der Waals surface area contributed by atoms with E-state index in [9.17, 15) is 18.0 Å². The fourth-order valence-corrected chi connectivity index (χ4v) is 5.53. The quantitative estimate of drug-likeness (QED) is 0.636. The van der Waals surface area contributed by atoms with E-state index in [1.807, 2.05) is 0 Å². The maximum absolute atomic E-state index is 12.7. The SMILES string of the molecule is CC(C)N1CCc2cccc(CN3CCC4(CCN(C(=O)OC(C)C(F)(F)F)CC4)C3)c2C1. The number of nitrogens with zero attached hydrogens (tertiary/aromatic N) is 3. The number of alkyl halides is 3. The summed E-state index contributed by atoms with van der Waals surface area (Å²) in [6.45, 7) is 11.4. The van der Waals surface area contributed by atoms with E-state index in [1.54, 1.807) is 0 Å². The lowest BCUT2D eigenvalue weighted by Crippen LogP contribution is -2.46. The van der Waals surface area contributed by atoms with Crippen LogP contribution in [0.5, 0.6) is 0 Å². The highest BCUT2D eigenvalue weighted by molar-refractivity contribution is 5.68. The van der Waals surface area contributed by atoms with Crippen LogP contribution in [0.15, 0.2) is 18.2 Å². The van der Waals surface area contributed by atoms with Crippen molar-refractivity contribution in [2.24, 2.45) is 5.41 Å². The molecule has 4 rings (SSSR count). The molecular weight excluding hydrogens is 431 g/mol. The number of ether oxygens (including phenoxy) is 1. The van der Waals surface area contributed by atoms with Gasteiger partial charge in [-0.05, 0) is 75.1 Å². The molecule has 33 heavy (non-hydrogen) atoms. The molecule has 1 amide bonds. The van der Waals surface area contributed by atoms with Gasteiger partial charge in [-0.25, -0.2) is 4.79 Å². The monoisotopic (exact) mass is 467 g/mol. The molecule has 1 aromatic rings. The van der Waals surface area contributed by atoms with Crippen LogP contribution in [0.4, 0.5) is 18.0 Å². The average molecular weight is 468 g/mol. The number of piperidine rings is 1. The van der Waals surface area contributed by atoms with Gasteiger partial charge in [0, 0.05) is 45.3 Å². The Bertz CT molecular complexity index is 850. The first-order valence-corrected chi connectivity index (χ1v) is 12.1. The van der Waals surface area contributed by atoms with E-state index >= 15 is 0 Å². The zero-order valence-corrected chi connectivity index (χ0v) is 20.0. The van der Waals surface area contributed by atoms with Crippen LogP contribution >= 0.6 is 0 Å². The summed E-state index contributed by atoms with van der Waals surface area (Å²) in [5.41, 5.74) is 4.51. The maximum Gasteiger partial charge on any atom is 0.425 e. The highest BCUT2D eigenvalue weighted by Crippen LogP contribution is 2.41. The van der Waals surface area contributed by atoms with Crippen molar-refractivity contribution >= 4 is 6.09 Å². The first-order valence-electron chi connectivity index (χ1n) is 12.1. The molecule has 0 radical (unpaired) electrons. The van der Waals surface area contributed by atoms with Crippen LogP contribution in [0.2, 0.25) is 0 Å².